The van der Waals surface area contributed by atoms with E-state index in [1.165, 1.54) is 11.1 Å². The topological polar surface area (TPSA) is 21.7 Å². The van der Waals surface area contributed by atoms with E-state index in [0.29, 0.717) is 6.61 Å². The van der Waals surface area contributed by atoms with Gasteiger partial charge < -0.3 is 14.4 Å². The molecule has 0 spiro atoms. The van der Waals surface area contributed by atoms with E-state index in [9.17, 15) is 0 Å². The molecule has 2 aromatic carbocycles. The Morgan fingerprint density at radius 3 is 2.42 bits per heavy atom. The molecule has 24 heavy (non-hydrogen) atoms. The number of hydrogen-bond donors (Lipinski definition) is 0. The first-order valence-electron chi connectivity index (χ1n) is 8.43. The maximum absolute atomic E-state index is 6.38. The van der Waals surface area contributed by atoms with Crippen molar-refractivity contribution < 1.29 is 9.47 Å². The summed E-state index contributed by atoms with van der Waals surface area (Å²) in [6.07, 6.45) is -0.121. The lowest BCUT2D eigenvalue weighted by Gasteiger charge is -2.32. The second kappa shape index (κ2) is 7.10. The van der Waals surface area contributed by atoms with Crippen molar-refractivity contribution >= 4 is 5.76 Å². The first-order chi connectivity index (χ1) is 11.6. The average Bonchev–Trinajstić information content (AvgIpc) is 2.57. The monoisotopic (exact) mass is 323 g/mol. The molecule has 0 aliphatic carbocycles. The van der Waals surface area contributed by atoms with Crippen LogP contribution in [0.3, 0.4) is 0 Å². The smallest absolute Gasteiger partial charge is 0.150 e. The molecule has 0 aromatic heterocycles. The quantitative estimate of drug-likeness (QED) is 0.812. The number of likely N-dealkylation sites (N-methyl/N-ethyl adjacent to an activating group) is 1. The first kappa shape index (κ1) is 16.6. The van der Waals surface area contributed by atoms with Crippen LogP contribution in [-0.2, 0) is 4.74 Å². The summed E-state index contributed by atoms with van der Waals surface area (Å²) in [6.45, 7) is 5.56. The van der Waals surface area contributed by atoms with Crippen LogP contribution in [0, 0.1) is 6.92 Å². The van der Waals surface area contributed by atoms with Gasteiger partial charge in [-0.15, -0.1) is 0 Å². The second-order valence-electron chi connectivity index (χ2n) is 6.43. The third-order valence-electron chi connectivity index (χ3n) is 4.14. The van der Waals surface area contributed by atoms with E-state index in [1.54, 1.807) is 0 Å². The molecule has 0 radical (unpaired) electrons. The van der Waals surface area contributed by atoms with Crippen molar-refractivity contribution in [1.29, 1.82) is 0 Å². The first-order valence-corrected chi connectivity index (χ1v) is 8.43. The summed E-state index contributed by atoms with van der Waals surface area (Å²) in [4.78, 5) is 2.16. The zero-order valence-electron chi connectivity index (χ0n) is 14.9. The minimum Gasteiger partial charge on any atom is -0.493 e. The highest BCUT2D eigenvalue weighted by atomic mass is 16.5. The van der Waals surface area contributed by atoms with Crippen molar-refractivity contribution in [3.05, 3.63) is 70.8 Å². The van der Waals surface area contributed by atoms with E-state index >= 15 is 0 Å². The molecule has 0 fully saturated rings. The molecule has 3 nitrogen and oxygen atoms in total. The Labute approximate surface area is 144 Å². The van der Waals surface area contributed by atoms with Gasteiger partial charge in [-0.1, -0.05) is 42.0 Å². The highest BCUT2D eigenvalue weighted by Gasteiger charge is 2.31. The number of rotatable bonds is 5. The lowest BCUT2D eigenvalue weighted by atomic mass is 9.93. The maximum atomic E-state index is 6.38. The Hall–Kier alpha value is -2.26. The average molecular weight is 323 g/mol. The van der Waals surface area contributed by atoms with Gasteiger partial charge in [0.05, 0.1) is 12.2 Å². The van der Waals surface area contributed by atoms with Crippen LogP contribution < -0.4 is 4.74 Å². The number of hydrogen-bond acceptors (Lipinski definition) is 3. The Morgan fingerprint density at radius 2 is 1.75 bits per heavy atom. The van der Waals surface area contributed by atoms with Gasteiger partial charge in [-0.25, -0.2) is 0 Å². The minimum absolute atomic E-state index is 0.121. The predicted molar refractivity (Wildman–Crippen MR) is 98.1 cm³/mol. The molecule has 0 saturated heterocycles. The number of ether oxygens (including phenoxy) is 2. The number of aryl methyl sites for hydroxylation is 1. The summed E-state index contributed by atoms with van der Waals surface area (Å²) in [5.74, 6) is 1.84. The van der Waals surface area contributed by atoms with Gasteiger partial charge in [0.1, 0.15) is 11.5 Å². The summed E-state index contributed by atoms with van der Waals surface area (Å²) in [5, 5.41) is 0. The van der Waals surface area contributed by atoms with Gasteiger partial charge in [-0.2, -0.15) is 0 Å². The van der Waals surface area contributed by atoms with E-state index in [0.717, 1.165) is 29.2 Å². The molecule has 0 N–H and O–H groups in total. The highest BCUT2D eigenvalue weighted by molar-refractivity contribution is 5.72. The zero-order valence-corrected chi connectivity index (χ0v) is 14.9. The van der Waals surface area contributed by atoms with Crippen LogP contribution in [0.25, 0.3) is 5.76 Å². The molecule has 1 aliphatic heterocycles. The molecule has 3 rings (SSSR count). The van der Waals surface area contributed by atoms with Gasteiger partial charge in [0.25, 0.3) is 0 Å². The fourth-order valence-electron chi connectivity index (χ4n) is 3.07. The summed E-state index contributed by atoms with van der Waals surface area (Å²) >= 11 is 0. The maximum Gasteiger partial charge on any atom is 0.150 e. The molecule has 2 aromatic rings. The van der Waals surface area contributed by atoms with Crippen LogP contribution in [0.15, 0.2) is 54.1 Å². The molecule has 0 amide bonds. The lowest BCUT2D eigenvalue weighted by Crippen LogP contribution is -2.26. The van der Waals surface area contributed by atoms with Gasteiger partial charge in [0.15, 0.2) is 6.10 Å². The number of benzene rings is 2. The van der Waals surface area contributed by atoms with Crippen molar-refractivity contribution in [2.75, 3.05) is 27.2 Å². The summed E-state index contributed by atoms with van der Waals surface area (Å²) in [6, 6.07) is 16.7. The zero-order chi connectivity index (χ0) is 17.1. The van der Waals surface area contributed by atoms with Gasteiger partial charge in [0, 0.05) is 12.1 Å². The van der Waals surface area contributed by atoms with E-state index in [2.05, 4.69) is 56.3 Å². The van der Waals surface area contributed by atoms with Crippen LogP contribution in [0.2, 0.25) is 0 Å². The highest BCUT2D eigenvalue weighted by Crippen LogP contribution is 2.42. The predicted octanol–water partition coefficient (Wildman–Crippen LogP) is 4.44. The molecule has 1 aliphatic rings. The molecular formula is C21H25NO2. The Kier molecular flexibility index (Phi) is 4.91. The SMILES string of the molecule is CCOC1=C(CN(C)C)[C@@H](c2ccc(C)cc2)Oc2ccccc21. The number of fused-ring (bicyclic) bond motifs is 1. The molecule has 1 atom stereocenters. The van der Waals surface area contributed by atoms with E-state index in [4.69, 9.17) is 9.47 Å². The van der Waals surface area contributed by atoms with E-state index in [-0.39, 0.29) is 6.10 Å². The van der Waals surface area contributed by atoms with Gasteiger partial charge in [-0.3, -0.25) is 0 Å². The molecule has 0 unspecified atom stereocenters. The summed E-state index contributed by atoms with van der Waals surface area (Å²) in [7, 11) is 4.15. The Morgan fingerprint density at radius 1 is 1.04 bits per heavy atom. The van der Waals surface area contributed by atoms with Gasteiger partial charge in [-0.05, 0) is 45.6 Å². The molecule has 0 saturated carbocycles. The van der Waals surface area contributed by atoms with Gasteiger partial charge >= 0.3 is 0 Å². The standard InChI is InChI=1S/C21H25NO2/c1-5-23-21-17-8-6-7-9-19(17)24-20(18(21)14-22(3)4)16-12-10-15(2)11-13-16/h6-13,20H,5,14H2,1-4H3/t20-/m1/s1. The van der Waals surface area contributed by atoms with Crippen LogP contribution in [0.5, 0.6) is 5.75 Å². The molecular weight excluding hydrogens is 298 g/mol. The van der Waals surface area contributed by atoms with Crippen LogP contribution >= 0.6 is 0 Å². The van der Waals surface area contributed by atoms with Gasteiger partial charge in [0.2, 0.25) is 0 Å². The molecule has 3 heteroatoms. The second-order valence-corrected chi connectivity index (χ2v) is 6.43. The van der Waals surface area contributed by atoms with E-state index in [1.807, 2.05) is 25.1 Å². The Balaban J connectivity index is 2.13. The largest absolute Gasteiger partial charge is 0.493 e. The third kappa shape index (κ3) is 3.31. The number of nitrogens with zero attached hydrogens (tertiary/aromatic N) is 1. The van der Waals surface area contributed by atoms with Crippen molar-refractivity contribution in [2.24, 2.45) is 0 Å². The van der Waals surface area contributed by atoms with Crippen LogP contribution in [0.1, 0.15) is 29.7 Å². The van der Waals surface area contributed by atoms with E-state index < -0.39 is 0 Å². The van der Waals surface area contributed by atoms with Crippen LogP contribution in [-0.4, -0.2) is 32.1 Å². The fraction of sp³-hybridized carbons (Fsp3) is 0.333. The third-order valence-corrected chi connectivity index (χ3v) is 4.14. The van der Waals surface area contributed by atoms with Crippen molar-refractivity contribution in [3.63, 3.8) is 0 Å². The minimum atomic E-state index is -0.121. The summed E-state index contributed by atoms with van der Waals surface area (Å²) in [5.41, 5.74) is 4.62. The van der Waals surface area contributed by atoms with Crippen LogP contribution in [0.4, 0.5) is 0 Å². The van der Waals surface area contributed by atoms with Crippen molar-refractivity contribution in [3.8, 4) is 5.75 Å². The summed E-state index contributed by atoms with van der Waals surface area (Å²) < 4.78 is 12.5. The Bertz CT molecular complexity index is 732. The van der Waals surface area contributed by atoms with Crippen molar-refractivity contribution in [1.82, 2.24) is 4.90 Å². The molecule has 0 bridgehead atoms. The molecule has 126 valence electrons. The molecule has 1 heterocycles. The fourth-order valence-corrected chi connectivity index (χ4v) is 3.07. The lowest BCUT2D eigenvalue weighted by molar-refractivity contribution is 0.203. The normalized spacial score (nSPS) is 16.8. The number of para-hydroxylation sites is 1. The van der Waals surface area contributed by atoms with Crippen molar-refractivity contribution in [2.45, 2.75) is 20.0 Å².